The van der Waals surface area contributed by atoms with Crippen molar-refractivity contribution >= 4 is 0 Å². The van der Waals surface area contributed by atoms with Gasteiger partial charge in [0.15, 0.2) is 0 Å². The van der Waals surface area contributed by atoms with Gasteiger partial charge in [0.2, 0.25) is 0 Å². The SMILES string of the molecule is CC(C)(C)c1ccc(CNC2CC2(C)C)cc1. The first-order valence-electron chi connectivity index (χ1n) is 6.62. The molecule has 17 heavy (non-hydrogen) atoms. The molecular weight excluding hydrogens is 206 g/mol. The van der Waals surface area contributed by atoms with E-state index in [9.17, 15) is 0 Å². The summed E-state index contributed by atoms with van der Waals surface area (Å²) in [5.74, 6) is 0. The first kappa shape index (κ1) is 12.6. The number of nitrogens with one attached hydrogen (secondary N) is 1. The van der Waals surface area contributed by atoms with Crippen LogP contribution in [0.15, 0.2) is 24.3 Å². The van der Waals surface area contributed by atoms with E-state index in [-0.39, 0.29) is 5.41 Å². The summed E-state index contributed by atoms with van der Waals surface area (Å²) in [6, 6.07) is 9.74. The maximum atomic E-state index is 3.62. The van der Waals surface area contributed by atoms with Crippen LogP contribution in [0.2, 0.25) is 0 Å². The quantitative estimate of drug-likeness (QED) is 0.832. The Morgan fingerprint density at radius 2 is 1.71 bits per heavy atom. The molecule has 1 fully saturated rings. The minimum absolute atomic E-state index is 0.254. The Kier molecular flexibility index (Phi) is 3.07. The Hall–Kier alpha value is -0.820. The molecule has 0 spiro atoms. The van der Waals surface area contributed by atoms with Crippen molar-refractivity contribution in [1.82, 2.24) is 5.32 Å². The van der Waals surface area contributed by atoms with Crippen LogP contribution in [0.3, 0.4) is 0 Å². The maximum Gasteiger partial charge on any atom is 0.0208 e. The summed E-state index contributed by atoms with van der Waals surface area (Å²) < 4.78 is 0. The first-order chi connectivity index (χ1) is 7.79. The van der Waals surface area contributed by atoms with Crippen molar-refractivity contribution < 1.29 is 0 Å². The summed E-state index contributed by atoms with van der Waals surface area (Å²) in [5, 5.41) is 3.62. The zero-order chi connectivity index (χ0) is 12.7. The van der Waals surface area contributed by atoms with Crippen molar-refractivity contribution in [3.63, 3.8) is 0 Å². The minimum atomic E-state index is 0.254. The molecule has 94 valence electrons. The van der Waals surface area contributed by atoms with Crippen LogP contribution in [-0.4, -0.2) is 6.04 Å². The van der Waals surface area contributed by atoms with Crippen molar-refractivity contribution in [2.45, 2.75) is 59.0 Å². The molecule has 0 aromatic heterocycles. The molecule has 1 saturated carbocycles. The molecule has 1 nitrogen and oxygen atoms in total. The van der Waals surface area contributed by atoms with Gasteiger partial charge in [-0.2, -0.15) is 0 Å². The van der Waals surface area contributed by atoms with Gasteiger partial charge in [-0.25, -0.2) is 0 Å². The third-order valence-electron chi connectivity index (χ3n) is 3.89. The summed E-state index contributed by atoms with van der Waals surface area (Å²) in [5.41, 5.74) is 3.57. The van der Waals surface area contributed by atoms with Crippen molar-refractivity contribution in [3.8, 4) is 0 Å². The Morgan fingerprint density at radius 1 is 1.18 bits per heavy atom. The molecule has 1 unspecified atom stereocenters. The van der Waals surface area contributed by atoms with Gasteiger partial charge in [0.25, 0.3) is 0 Å². The number of hydrogen-bond acceptors (Lipinski definition) is 1. The highest BCUT2D eigenvalue weighted by Crippen LogP contribution is 2.44. The van der Waals surface area contributed by atoms with Crippen molar-refractivity contribution in [2.75, 3.05) is 0 Å². The van der Waals surface area contributed by atoms with Gasteiger partial charge in [0.05, 0.1) is 0 Å². The fraction of sp³-hybridized carbons (Fsp3) is 0.625. The predicted molar refractivity (Wildman–Crippen MR) is 74.2 cm³/mol. The Bertz CT molecular complexity index is 381. The first-order valence-corrected chi connectivity index (χ1v) is 6.62. The molecule has 1 N–H and O–H groups in total. The molecule has 0 radical (unpaired) electrons. The molecule has 2 rings (SSSR count). The lowest BCUT2D eigenvalue weighted by atomic mass is 9.87. The number of benzene rings is 1. The van der Waals surface area contributed by atoms with Gasteiger partial charge >= 0.3 is 0 Å². The van der Waals surface area contributed by atoms with Crippen LogP contribution in [0, 0.1) is 5.41 Å². The summed E-state index contributed by atoms with van der Waals surface area (Å²) in [6.45, 7) is 12.4. The van der Waals surface area contributed by atoms with Gasteiger partial charge in [-0.05, 0) is 28.4 Å². The van der Waals surface area contributed by atoms with E-state index in [1.807, 2.05) is 0 Å². The molecular formula is C16H25N. The van der Waals surface area contributed by atoms with Crippen LogP contribution >= 0.6 is 0 Å². The highest BCUT2D eigenvalue weighted by Gasteiger charge is 2.44. The van der Waals surface area contributed by atoms with Crippen LogP contribution in [0.5, 0.6) is 0 Å². The third-order valence-corrected chi connectivity index (χ3v) is 3.89. The molecule has 0 bridgehead atoms. The maximum absolute atomic E-state index is 3.62. The highest BCUT2D eigenvalue weighted by atomic mass is 15.0. The van der Waals surface area contributed by atoms with Gasteiger partial charge in [-0.15, -0.1) is 0 Å². The summed E-state index contributed by atoms with van der Waals surface area (Å²) in [4.78, 5) is 0. The molecule has 0 saturated heterocycles. The van der Waals surface area contributed by atoms with E-state index in [1.165, 1.54) is 17.5 Å². The van der Waals surface area contributed by atoms with Gasteiger partial charge in [-0.1, -0.05) is 58.9 Å². The lowest BCUT2D eigenvalue weighted by Gasteiger charge is -2.19. The molecule has 1 aliphatic rings. The van der Waals surface area contributed by atoms with E-state index in [4.69, 9.17) is 0 Å². The average molecular weight is 231 g/mol. The van der Waals surface area contributed by atoms with Crippen LogP contribution in [-0.2, 0) is 12.0 Å². The normalized spacial score (nSPS) is 22.5. The lowest BCUT2D eigenvalue weighted by molar-refractivity contribution is 0.541. The monoisotopic (exact) mass is 231 g/mol. The third kappa shape index (κ3) is 3.10. The summed E-state index contributed by atoms with van der Waals surface area (Å²) in [6.07, 6.45) is 1.31. The Labute approximate surface area is 106 Å². The van der Waals surface area contributed by atoms with Crippen LogP contribution in [0.1, 0.15) is 52.2 Å². The molecule has 0 amide bonds. The molecule has 0 aliphatic heterocycles. The van der Waals surface area contributed by atoms with E-state index >= 15 is 0 Å². The zero-order valence-electron chi connectivity index (χ0n) is 11.8. The number of rotatable bonds is 3. The average Bonchev–Trinajstić information content (AvgIpc) is 2.83. The molecule has 1 heteroatoms. The van der Waals surface area contributed by atoms with E-state index < -0.39 is 0 Å². The van der Waals surface area contributed by atoms with E-state index in [0.29, 0.717) is 11.5 Å². The topological polar surface area (TPSA) is 12.0 Å². The predicted octanol–water partition coefficient (Wildman–Crippen LogP) is 3.87. The van der Waals surface area contributed by atoms with Gasteiger partial charge in [0, 0.05) is 12.6 Å². The second kappa shape index (κ2) is 4.13. The van der Waals surface area contributed by atoms with Crippen LogP contribution in [0.4, 0.5) is 0 Å². The smallest absolute Gasteiger partial charge is 0.0208 e. The van der Waals surface area contributed by atoms with Gasteiger partial charge < -0.3 is 5.32 Å². The van der Waals surface area contributed by atoms with Crippen LogP contribution in [0.25, 0.3) is 0 Å². The van der Waals surface area contributed by atoms with Crippen LogP contribution < -0.4 is 5.32 Å². The molecule has 1 aromatic carbocycles. The van der Waals surface area contributed by atoms with E-state index in [0.717, 1.165) is 6.54 Å². The Morgan fingerprint density at radius 3 is 2.12 bits per heavy atom. The Balaban J connectivity index is 1.91. The summed E-state index contributed by atoms with van der Waals surface area (Å²) >= 11 is 0. The second-order valence-electron chi connectivity index (χ2n) is 7.07. The van der Waals surface area contributed by atoms with Crippen molar-refractivity contribution in [1.29, 1.82) is 0 Å². The van der Waals surface area contributed by atoms with Gasteiger partial charge in [-0.3, -0.25) is 0 Å². The van der Waals surface area contributed by atoms with Gasteiger partial charge in [0.1, 0.15) is 0 Å². The zero-order valence-corrected chi connectivity index (χ0v) is 11.8. The van der Waals surface area contributed by atoms with Crippen molar-refractivity contribution in [2.24, 2.45) is 5.41 Å². The lowest BCUT2D eigenvalue weighted by Crippen LogP contribution is -2.20. The van der Waals surface area contributed by atoms with E-state index in [1.54, 1.807) is 0 Å². The van der Waals surface area contributed by atoms with E-state index in [2.05, 4.69) is 64.2 Å². The largest absolute Gasteiger partial charge is 0.309 e. The molecule has 1 aliphatic carbocycles. The summed E-state index contributed by atoms with van der Waals surface area (Å²) in [7, 11) is 0. The van der Waals surface area contributed by atoms with Crippen molar-refractivity contribution in [3.05, 3.63) is 35.4 Å². The fourth-order valence-electron chi connectivity index (χ4n) is 2.18. The minimum Gasteiger partial charge on any atom is -0.309 e. The fourth-order valence-corrected chi connectivity index (χ4v) is 2.18. The molecule has 1 aromatic rings. The molecule has 1 atom stereocenters. The molecule has 0 heterocycles. The standard InChI is InChI=1S/C16H25N/c1-15(2,3)13-8-6-12(7-9-13)11-17-14-10-16(14,4)5/h6-9,14,17H,10-11H2,1-5H3. The second-order valence-corrected chi connectivity index (χ2v) is 7.07. The number of hydrogen-bond donors (Lipinski definition) is 1. The highest BCUT2D eigenvalue weighted by molar-refractivity contribution is 5.27.